The zero-order valence-corrected chi connectivity index (χ0v) is 36.1. The number of rotatable bonds is 20. The maximum Gasteiger partial charge on any atom is 0.407 e. The van der Waals surface area contributed by atoms with E-state index in [1.54, 1.807) is 45.2 Å². The molecule has 4 amide bonds. The summed E-state index contributed by atoms with van der Waals surface area (Å²) in [6.45, 7) is 9.42. The standard InChI is InChI=1S/C46H65N5O9/c1-29(2)38(42(54)48-27-33-20-23-35(59-7)25-37(33)52)50-43(55)39(47-26-31-18-21-34(58-6)22-19-31)40(53)36(24-30-14-10-8-11-15-30)49-44(56)41(46(3,4)5)51-45(57)60-28-32-16-12-9-13-17-32/h8,10-11,14-15,18-23,25,29,32,36,38-41,47,52-53H,9,12-13,16-17,24,26-28H2,1-7H3,(H,48,54)(H,49,56)(H,50,55)(H,51,57)/t36-,38-,39+,40-,41+/m0/s1. The van der Waals surface area contributed by atoms with Crippen LogP contribution in [0, 0.1) is 17.3 Å². The van der Waals surface area contributed by atoms with Gasteiger partial charge in [0.1, 0.15) is 35.4 Å². The van der Waals surface area contributed by atoms with Crippen molar-refractivity contribution in [3.63, 3.8) is 0 Å². The van der Waals surface area contributed by atoms with E-state index in [1.807, 2.05) is 63.2 Å². The number of aromatic hydroxyl groups is 1. The second kappa shape index (κ2) is 22.9. The lowest BCUT2D eigenvalue weighted by atomic mass is 9.85. The highest BCUT2D eigenvalue weighted by atomic mass is 16.5. The molecular formula is C46H65N5O9. The normalized spacial score (nSPS) is 15.8. The van der Waals surface area contributed by atoms with Gasteiger partial charge in [0, 0.05) is 24.7 Å². The number of carbonyl (C=O) groups is 4. The number of benzene rings is 3. The van der Waals surface area contributed by atoms with E-state index in [-0.39, 0.29) is 43.7 Å². The summed E-state index contributed by atoms with van der Waals surface area (Å²) in [5, 5.41) is 37.4. The summed E-state index contributed by atoms with van der Waals surface area (Å²) in [7, 11) is 3.05. The van der Waals surface area contributed by atoms with Gasteiger partial charge < -0.3 is 45.7 Å². The molecule has 3 aromatic carbocycles. The Hall–Kier alpha value is -5.34. The molecule has 0 spiro atoms. The van der Waals surface area contributed by atoms with E-state index in [2.05, 4.69) is 26.6 Å². The number of carbonyl (C=O) groups excluding carboxylic acids is 4. The lowest BCUT2D eigenvalue weighted by Gasteiger charge is -2.35. The van der Waals surface area contributed by atoms with E-state index >= 15 is 0 Å². The summed E-state index contributed by atoms with van der Waals surface area (Å²) in [4.78, 5) is 55.5. The number of methoxy groups -OCH3 is 2. The van der Waals surface area contributed by atoms with Crippen LogP contribution >= 0.6 is 0 Å². The average Bonchev–Trinajstić information content (AvgIpc) is 3.23. The fraction of sp³-hybridized carbons (Fsp3) is 0.522. The molecule has 1 aliphatic rings. The molecule has 14 nitrogen and oxygen atoms in total. The van der Waals surface area contributed by atoms with Gasteiger partial charge in [-0.15, -0.1) is 0 Å². The van der Waals surface area contributed by atoms with Gasteiger partial charge >= 0.3 is 6.09 Å². The van der Waals surface area contributed by atoms with Crippen LogP contribution in [0.25, 0.3) is 0 Å². The molecule has 328 valence electrons. The number of hydrogen-bond donors (Lipinski definition) is 7. The SMILES string of the molecule is COc1ccc(CN[C@@H](C(=O)N[C@H](C(=O)NCc2ccc(OC)cc2O)C(C)C)[C@@H](O)[C@H](Cc2ccccc2)NC(=O)[C@@H](NC(=O)OCC2CCCCC2)C(C)(C)C)cc1. The lowest BCUT2D eigenvalue weighted by molar-refractivity contribution is -0.134. The van der Waals surface area contributed by atoms with Crippen molar-refractivity contribution >= 4 is 23.8 Å². The van der Waals surface area contributed by atoms with Gasteiger partial charge in [0.2, 0.25) is 17.7 Å². The lowest BCUT2D eigenvalue weighted by Crippen LogP contribution is -2.63. The molecule has 1 fully saturated rings. The van der Waals surface area contributed by atoms with Crippen LogP contribution in [0.5, 0.6) is 17.2 Å². The van der Waals surface area contributed by atoms with Crippen molar-refractivity contribution in [1.82, 2.24) is 26.6 Å². The number of aliphatic hydroxyl groups is 1. The summed E-state index contributed by atoms with van der Waals surface area (Å²) < 4.78 is 16.1. The number of hydrogen-bond acceptors (Lipinski definition) is 10. The summed E-state index contributed by atoms with van der Waals surface area (Å²) >= 11 is 0. The number of phenols is 1. The molecule has 7 N–H and O–H groups in total. The zero-order valence-electron chi connectivity index (χ0n) is 36.1. The van der Waals surface area contributed by atoms with Gasteiger partial charge in [-0.1, -0.05) is 96.3 Å². The molecule has 4 rings (SSSR count). The molecule has 0 saturated heterocycles. The first-order valence-electron chi connectivity index (χ1n) is 20.9. The molecule has 14 heteroatoms. The molecular weight excluding hydrogens is 767 g/mol. The Morgan fingerprint density at radius 3 is 2.00 bits per heavy atom. The van der Waals surface area contributed by atoms with Gasteiger partial charge in [-0.25, -0.2) is 4.79 Å². The Balaban J connectivity index is 1.60. The number of ether oxygens (including phenoxy) is 3. The molecule has 1 saturated carbocycles. The maximum absolute atomic E-state index is 14.4. The van der Waals surface area contributed by atoms with Crippen LogP contribution in [0.3, 0.4) is 0 Å². The molecule has 0 unspecified atom stereocenters. The van der Waals surface area contributed by atoms with Crippen molar-refractivity contribution in [1.29, 1.82) is 0 Å². The second-order valence-electron chi connectivity index (χ2n) is 17.0. The number of amides is 4. The Bertz CT molecular complexity index is 1830. The molecule has 0 bridgehead atoms. The maximum atomic E-state index is 14.4. The third kappa shape index (κ3) is 14.4. The predicted octanol–water partition coefficient (Wildman–Crippen LogP) is 5.13. The highest BCUT2D eigenvalue weighted by Gasteiger charge is 2.40. The van der Waals surface area contributed by atoms with Gasteiger partial charge in [0.05, 0.1) is 33.0 Å². The Morgan fingerprint density at radius 1 is 0.750 bits per heavy atom. The van der Waals surface area contributed by atoms with E-state index in [9.17, 15) is 29.4 Å². The van der Waals surface area contributed by atoms with Gasteiger partial charge in [0.15, 0.2) is 0 Å². The zero-order chi connectivity index (χ0) is 43.8. The van der Waals surface area contributed by atoms with Crippen molar-refractivity contribution in [2.75, 3.05) is 20.8 Å². The Kier molecular flexibility index (Phi) is 18.0. The fourth-order valence-electron chi connectivity index (χ4n) is 7.24. The van der Waals surface area contributed by atoms with Crippen molar-refractivity contribution in [3.8, 4) is 17.2 Å². The molecule has 60 heavy (non-hydrogen) atoms. The van der Waals surface area contributed by atoms with Gasteiger partial charge in [-0.3, -0.25) is 19.7 Å². The summed E-state index contributed by atoms with van der Waals surface area (Å²) in [6.07, 6.45) is 3.25. The monoisotopic (exact) mass is 831 g/mol. The molecule has 0 aromatic heterocycles. The first kappa shape index (κ1) is 47.3. The summed E-state index contributed by atoms with van der Waals surface area (Å²) in [5.41, 5.74) is 1.25. The third-order valence-electron chi connectivity index (χ3n) is 10.9. The minimum Gasteiger partial charge on any atom is -0.507 e. The van der Waals surface area contributed by atoms with E-state index in [0.717, 1.165) is 36.8 Å². The van der Waals surface area contributed by atoms with Gasteiger partial charge in [-0.2, -0.15) is 0 Å². The average molecular weight is 832 g/mol. The minimum atomic E-state index is -1.54. The van der Waals surface area contributed by atoms with E-state index < -0.39 is 59.5 Å². The van der Waals surface area contributed by atoms with E-state index in [1.165, 1.54) is 19.6 Å². The molecule has 0 radical (unpaired) electrons. The Morgan fingerprint density at radius 2 is 1.40 bits per heavy atom. The minimum absolute atomic E-state index is 0.0161. The third-order valence-corrected chi connectivity index (χ3v) is 10.9. The van der Waals surface area contributed by atoms with E-state index in [4.69, 9.17) is 14.2 Å². The van der Waals surface area contributed by atoms with Crippen LogP contribution in [0.4, 0.5) is 4.79 Å². The number of aliphatic hydroxyl groups excluding tert-OH is 1. The number of phenolic OH excluding ortho intramolecular Hbond substituents is 1. The van der Waals surface area contributed by atoms with Gasteiger partial charge in [-0.05, 0) is 71.9 Å². The van der Waals surface area contributed by atoms with E-state index in [0.29, 0.717) is 17.1 Å². The van der Waals surface area contributed by atoms with Crippen LogP contribution < -0.4 is 36.1 Å². The highest BCUT2D eigenvalue weighted by Crippen LogP contribution is 2.26. The summed E-state index contributed by atoms with van der Waals surface area (Å²) in [6, 6.07) is 16.7. The van der Waals surface area contributed by atoms with Crippen LogP contribution in [-0.4, -0.2) is 85.1 Å². The number of alkyl carbamates (subject to hydrolysis) is 1. The van der Waals surface area contributed by atoms with Crippen LogP contribution in [0.1, 0.15) is 83.4 Å². The summed E-state index contributed by atoms with van der Waals surface area (Å²) in [5.74, 6) is -0.789. The molecule has 1 aliphatic carbocycles. The van der Waals surface area contributed by atoms with Crippen LogP contribution in [-0.2, 0) is 38.6 Å². The van der Waals surface area contributed by atoms with Crippen LogP contribution in [0.15, 0.2) is 72.8 Å². The van der Waals surface area contributed by atoms with Crippen molar-refractivity contribution in [3.05, 3.63) is 89.5 Å². The van der Waals surface area contributed by atoms with Crippen molar-refractivity contribution in [2.45, 2.75) is 117 Å². The fourth-order valence-corrected chi connectivity index (χ4v) is 7.24. The highest BCUT2D eigenvalue weighted by molar-refractivity contribution is 5.91. The first-order chi connectivity index (χ1) is 28.6. The van der Waals surface area contributed by atoms with Crippen LogP contribution in [0.2, 0.25) is 0 Å². The number of nitrogens with one attached hydrogen (secondary N) is 5. The Labute approximate surface area is 354 Å². The van der Waals surface area contributed by atoms with Crippen molar-refractivity contribution in [2.24, 2.45) is 17.3 Å². The van der Waals surface area contributed by atoms with Gasteiger partial charge in [0.25, 0.3) is 0 Å². The largest absolute Gasteiger partial charge is 0.507 e. The molecule has 0 heterocycles. The first-order valence-corrected chi connectivity index (χ1v) is 20.9. The molecule has 5 atom stereocenters. The van der Waals surface area contributed by atoms with Crippen molar-refractivity contribution < 1.29 is 43.6 Å². The molecule has 3 aromatic rings. The smallest absolute Gasteiger partial charge is 0.407 e. The topological polar surface area (TPSA) is 197 Å². The predicted molar refractivity (Wildman–Crippen MR) is 229 cm³/mol. The second-order valence-corrected chi connectivity index (χ2v) is 17.0. The quantitative estimate of drug-likeness (QED) is 0.0802. The molecule has 0 aliphatic heterocycles.